The predicted octanol–water partition coefficient (Wildman–Crippen LogP) is 3.19. The summed E-state index contributed by atoms with van der Waals surface area (Å²) in [6, 6.07) is 5.25. The van der Waals surface area contributed by atoms with Crippen LogP contribution in [0.2, 0.25) is 0 Å². The fourth-order valence-electron chi connectivity index (χ4n) is 1.30. The summed E-state index contributed by atoms with van der Waals surface area (Å²) in [6.07, 6.45) is 2.42. The normalized spacial score (nSPS) is 9.73. The van der Waals surface area contributed by atoms with Gasteiger partial charge in [-0.25, -0.2) is 0 Å². The zero-order valence-corrected chi connectivity index (χ0v) is 9.38. The van der Waals surface area contributed by atoms with E-state index in [1.165, 1.54) is 0 Å². The Balaban J connectivity index is 2.96. The number of aryl methyl sites for hydroxylation is 1. The summed E-state index contributed by atoms with van der Waals surface area (Å²) in [5, 5.41) is -0.429. The molecule has 0 aliphatic carbocycles. The lowest BCUT2D eigenvalue weighted by Gasteiger charge is -2.07. The van der Waals surface area contributed by atoms with Crippen LogP contribution < -0.4 is 4.74 Å². The van der Waals surface area contributed by atoms with Gasteiger partial charge in [0, 0.05) is 5.56 Å². The Morgan fingerprint density at radius 3 is 2.87 bits per heavy atom. The van der Waals surface area contributed by atoms with Crippen LogP contribution >= 0.6 is 11.6 Å². The van der Waals surface area contributed by atoms with Gasteiger partial charge in [-0.2, -0.15) is 0 Å². The molecule has 0 saturated carbocycles. The molecule has 0 aliphatic rings. The van der Waals surface area contributed by atoms with Gasteiger partial charge in [-0.3, -0.25) is 4.79 Å². The molecule has 80 valence electrons. The molecule has 0 fully saturated rings. The Morgan fingerprint density at radius 2 is 2.33 bits per heavy atom. The second-order valence-corrected chi connectivity index (χ2v) is 3.39. The summed E-state index contributed by atoms with van der Waals surface area (Å²) < 4.78 is 5.36. The second-order valence-electron chi connectivity index (χ2n) is 3.05. The number of hydrogen-bond acceptors (Lipinski definition) is 2. The van der Waals surface area contributed by atoms with Crippen molar-refractivity contribution in [2.75, 3.05) is 6.61 Å². The fraction of sp³-hybridized carbons (Fsp3) is 0.250. The number of benzene rings is 1. The van der Waals surface area contributed by atoms with E-state index in [0.717, 1.165) is 17.7 Å². The van der Waals surface area contributed by atoms with Crippen LogP contribution in [0.1, 0.15) is 22.8 Å². The Labute approximate surface area is 94.5 Å². The first-order valence-electron chi connectivity index (χ1n) is 4.75. The van der Waals surface area contributed by atoms with Crippen molar-refractivity contribution in [3.63, 3.8) is 0 Å². The van der Waals surface area contributed by atoms with Gasteiger partial charge in [0.2, 0.25) is 0 Å². The van der Waals surface area contributed by atoms with Gasteiger partial charge in [0.05, 0.1) is 0 Å². The third-order valence-electron chi connectivity index (χ3n) is 2.04. The van der Waals surface area contributed by atoms with Gasteiger partial charge in [0.25, 0.3) is 5.24 Å². The Hall–Kier alpha value is -1.28. The average Bonchev–Trinajstić information content (AvgIpc) is 2.25. The number of halogens is 1. The molecule has 0 aliphatic heterocycles. The smallest absolute Gasteiger partial charge is 0.252 e. The van der Waals surface area contributed by atoms with Gasteiger partial charge >= 0.3 is 0 Å². The van der Waals surface area contributed by atoms with Crippen molar-refractivity contribution < 1.29 is 9.53 Å². The van der Waals surface area contributed by atoms with Crippen molar-refractivity contribution in [2.24, 2.45) is 0 Å². The molecule has 15 heavy (non-hydrogen) atoms. The van der Waals surface area contributed by atoms with E-state index in [1.54, 1.807) is 18.2 Å². The number of hydrogen-bond donors (Lipinski definition) is 0. The van der Waals surface area contributed by atoms with E-state index in [1.807, 2.05) is 13.0 Å². The molecule has 1 aromatic carbocycles. The highest BCUT2D eigenvalue weighted by molar-refractivity contribution is 6.67. The minimum absolute atomic E-state index is 0.429. The zero-order valence-electron chi connectivity index (χ0n) is 8.63. The molecule has 0 radical (unpaired) electrons. The monoisotopic (exact) mass is 224 g/mol. The SMILES string of the molecule is C=CCOc1ccc(C(=O)Cl)c(CC)c1. The van der Waals surface area contributed by atoms with E-state index in [9.17, 15) is 4.79 Å². The van der Waals surface area contributed by atoms with Crippen LogP contribution in [0.15, 0.2) is 30.9 Å². The average molecular weight is 225 g/mol. The highest BCUT2D eigenvalue weighted by atomic mass is 35.5. The molecule has 0 bridgehead atoms. The lowest BCUT2D eigenvalue weighted by atomic mass is 10.1. The summed E-state index contributed by atoms with van der Waals surface area (Å²) in [4.78, 5) is 11.1. The largest absolute Gasteiger partial charge is 0.490 e. The Bertz CT molecular complexity index is 372. The summed E-state index contributed by atoms with van der Waals surface area (Å²) in [7, 11) is 0. The van der Waals surface area contributed by atoms with E-state index in [4.69, 9.17) is 16.3 Å². The number of rotatable bonds is 5. The molecular weight excluding hydrogens is 212 g/mol. The van der Waals surface area contributed by atoms with Crippen molar-refractivity contribution in [3.8, 4) is 5.75 Å². The number of carbonyl (C=O) groups is 1. The van der Waals surface area contributed by atoms with Gasteiger partial charge in [0.15, 0.2) is 0 Å². The lowest BCUT2D eigenvalue weighted by molar-refractivity contribution is 0.108. The lowest BCUT2D eigenvalue weighted by Crippen LogP contribution is -1.99. The molecule has 1 aromatic rings. The Kier molecular flexibility index (Phi) is 4.37. The first kappa shape index (κ1) is 11.8. The summed E-state index contributed by atoms with van der Waals surface area (Å²) in [5.41, 5.74) is 1.45. The third-order valence-corrected chi connectivity index (χ3v) is 2.24. The van der Waals surface area contributed by atoms with Crippen molar-refractivity contribution in [2.45, 2.75) is 13.3 Å². The molecule has 0 aromatic heterocycles. The molecule has 0 atom stereocenters. The molecule has 1 rings (SSSR count). The van der Waals surface area contributed by atoms with Crippen LogP contribution in [0, 0.1) is 0 Å². The topological polar surface area (TPSA) is 26.3 Å². The standard InChI is InChI=1S/C12H13ClO2/c1-3-7-15-10-5-6-11(12(13)14)9(4-2)8-10/h3,5-6,8H,1,4,7H2,2H3. The highest BCUT2D eigenvalue weighted by Gasteiger charge is 2.08. The maximum atomic E-state index is 11.1. The van der Waals surface area contributed by atoms with Gasteiger partial charge in [0.1, 0.15) is 12.4 Å². The molecule has 0 heterocycles. The van der Waals surface area contributed by atoms with E-state index < -0.39 is 5.24 Å². The molecule has 0 unspecified atom stereocenters. The first-order chi connectivity index (χ1) is 7.19. The number of carbonyl (C=O) groups excluding carboxylic acids is 1. The van der Waals surface area contributed by atoms with Crippen molar-refractivity contribution in [3.05, 3.63) is 42.0 Å². The molecule has 0 spiro atoms. The second kappa shape index (κ2) is 5.56. The van der Waals surface area contributed by atoms with E-state index in [-0.39, 0.29) is 0 Å². The summed E-state index contributed by atoms with van der Waals surface area (Å²) in [5.74, 6) is 0.730. The van der Waals surface area contributed by atoms with Crippen LogP contribution in [0.4, 0.5) is 0 Å². The zero-order chi connectivity index (χ0) is 11.3. The van der Waals surface area contributed by atoms with Crippen molar-refractivity contribution in [1.29, 1.82) is 0 Å². The molecular formula is C12H13ClO2. The van der Waals surface area contributed by atoms with Crippen LogP contribution in [-0.2, 0) is 6.42 Å². The molecule has 0 N–H and O–H groups in total. The van der Waals surface area contributed by atoms with E-state index >= 15 is 0 Å². The predicted molar refractivity (Wildman–Crippen MR) is 61.7 cm³/mol. The van der Waals surface area contributed by atoms with Crippen LogP contribution in [0.3, 0.4) is 0 Å². The maximum absolute atomic E-state index is 11.1. The molecule has 2 nitrogen and oxygen atoms in total. The fourth-order valence-corrected chi connectivity index (χ4v) is 1.48. The summed E-state index contributed by atoms with van der Waals surface area (Å²) in [6.45, 7) is 5.99. The van der Waals surface area contributed by atoms with E-state index in [0.29, 0.717) is 12.2 Å². The highest BCUT2D eigenvalue weighted by Crippen LogP contribution is 2.20. The van der Waals surface area contributed by atoms with Crippen LogP contribution in [-0.4, -0.2) is 11.8 Å². The molecule has 3 heteroatoms. The summed E-state index contributed by atoms with van der Waals surface area (Å²) >= 11 is 5.45. The first-order valence-corrected chi connectivity index (χ1v) is 5.13. The number of ether oxygens (including phenoxy) is 1. The maximum Gasteiger partial charge on any atom is 0.252 e. The third kappa shape index (κ3) is 3.10. The van der Waals surface area contributed by atoms with Gasteiger partial charge in [-0.05, 0) is 41.8 Å². The van der Waals surface area contributed by atoms with Crippen molar-refractivity contribution >= 4 is 16.8 Å². The van der Waals surface area contributed by atoms with E-state index in [2.05, 4.69) is 6.58 Å². The van der Waals surface area contributed by atoms with Crippen LogP contribution in [0.25, 0.3) is 0 Å². The Morgan fingerprint density at radius 1 is 1.60 bits per heavy atom. The minimum Gasteiger partial charge on any atom is -0.490 e. The van der Waals surface area contributed by atoms with Gasteiger partial charge in [-0.1, -0.05) is 19.6 Å². The minimum atomic E-state index is -0.429. The molecule has 0 saturated heterocycles. The van der Waals surface area contributed by atoms with Gasteiger partial charge in [-0.15, -0.1) is 0 Å². The van der Waals surface area contributed by atoms with Crippen LogP contribution in [0.5, 0.6) is 5.75 Å². The van der Waals surface area contributed by atoms with Gasteiger partial charge < -0.3 is 4.74 Å². The molecule has 0 amide bonds. The quantitative estimate of drug-likeness (QED) is 0.567. The van der Waals surface area contributed by atoms with Crippen molar-refractivity contribution in [1.82, 2.24) is 0 Å².